The first-order chi connectivity index (χ1) is 7.22. The van der Waals surface area contributed by atoms with Gasteiger partial charge in [0, 0.05) is 30.9 Å². The molecule has 15 heavy (non-hydrogen) atoms. The summed E-state index contributed by atoms with van der Waals surface area (Å²) in [5, 5.41) is 1.00. The molecule has 5 heteroatoms. The number of benzene rings is 1. The maximum absolute atomic E-state index is 5.41. The normalized spacial score (nSPS) is 11.7. The zero-order valence-corrected chi connectivity index (χ0v) is 12.3. The minimum atomic E-state index is -2.64. The standard InChI is InChI=1S/C10H15IO3Si/c1-12-15(13-2,14-3)10-6-4-5-9(7-10)8-11/h4-7H,8H2,1-3H3. The van der Waals surface area contributed by atoms with Gasteiger partial charge in [0.25, 0.3) is 0 Å². The Kier molecular flexibility index (Phi) is 5.20. The summed E-state index contributed by atoms with van der Waals surface area (Å²) in [4.78, 5) is 0. The lowest BCUT2D eigenvalue weighted by Gasteiger charge is -2.24. The van der Waals surface area contributed by atoms with Crippen molar-refractivity contribution in [3.8, 4) is 0 Å². The van der Waals surface area contributed by atoms with E-state index in [9.17, 15) is 0 Å². The Morgan fingerprint density at radius 2 is 1.73 bits per heavy atom. The van der Waals surface area contributed by atoms with Gasteiger partial charge in [-0.15, -0.1) is 0 Å². The van der Waals surface area contributed by atoms with Crippen molar-refractivity contribution in [2.45, 2.75) is 4.43 Å². The molecule has 0 aliphatic rings. The van der Waals surface area contributed by atoms with Crippen LogP contribution in [-0.2, 0) is 17.7 Å². The lowest BCUT2D eigenvalue weighted by Crippen LogP contribution is -2.54. The van der Waals surface area contributed by atoms with Crippen LogP contribution in [0.4, 0.5) is 0 Å². The minimum absolute atomic E-state index is 0.965. The molecular weight excluding hydrogens is 323 g/mol. The summed E-state index contributed by atoms with van der Waals surface area (Å²) < 4.78 is 17.2. The van der Waals surface area contributed by atoms with Crippen LogP contribution in [0.2, 0.25) is 0 Å². The van der Waals surface area contributed by atoms with Gasteiger partial charge >= 0.3 is 8.80 Å². The minimum Gasteiger partial charge on any atom is -0.373 e. The van der Waals surface area contributed by atoms with Crippen LogP contribution in [0, 0.1) is 0 Å². The van der Waals surface area contributed by atoms with Gasteiger partial charge in [-0.05, 0) is 5.56 Å². The van der Waals surface area contributed by atoms with Crippen LogP contribution >= 0.6 is 22.6 Å². The van der Waals surface area contributed by atoms with Crippen molar-refractivity contribution in [1.82, 2.24) is 0 Å². The molecule has 0 unspecified atom stereocenters. The van der Waals surface area contributed by atoms with Crippen LogP contribution in [0.15, 0.2) is 24.3 Å². The Hall–Kier alpha value is 0.0469. The van der Waals surface area contributed by atoms with E-state index in [2.05, 4.69) is 34.7 Å². The van der Waals surface area contributed by atoms with E-state index in [1.165, 1.54) is 5.56 Å². The van der Waals surface area contributed by atoms with Gasteiger partial charge in [0.15, 0.2) is 0 Å². The Bertz CT molecular complexity index is 307. The van der Waals surface area contributed by atoms with Crippen molar-refractivity contribution in [3.05, 3.63) is 29.8 Å². The molecule has 0 saturated heterocycles. The third-order valence-electron chi connectivity index (χ3n) is 2.24. The topological polar surface area (TPSA) is 27.7 Å². The number of hydrogen-bond acceptors (Lipinski definition) is 3. The largest absolute Gasteiger partial charge is 0.536 e. The zero-order chi connectivity index (χ0) is 11.3. The monoisotopic (exact) mass is 338 g/mol. The maximum atomic E-state index is 5.41. The van der Waals surface area contributed by atoms with Gasteiger partial charge in [-0.2, -0.15) is 0 Å². The molecule has 0 saturated carbocycles. The lowest BCUT2D eigenvalue weighted by molar-refractivity contribution is 0.140. The molecule has 0 aliphatic carbocycles. The number of rotatable bonds is 5. The summed E-state index contributed by atoms with van der Waals surface area (Å²) in [5.41, 5.74) is 1.25. The summed E-state index contributed by atoms with van der Waals surface area (Å²) in [5.74, 6) is 0. The van der Waals surface area contributed by atoms with Crippen molar-refractivity contribution < 1.29 is 13.3 Å². The molecule has 0 atom stereocenters. The molecule has 3 nitrogen and oxygen atoms in total. The second kappa shape index (κ2) is 5.95. The second-order valence-corrected chi connectivity index (χ2v) is 6.68. The van der Waals surface area contributed by atoms with Crippen LogP contribution in [0.1, 0.15) is 5.56 Å². The fourth-order valence-electron chi connectivity index (χ4n) is 1.45. The van der Waals surface area contributed by atoms with Crippen molar-refractivity contribution in [2.24, 2.45) is 0 Å². The van der Waals surface area contributed by atoms with Crippen molar-refractivity contribution >= 4 is 36.6 Å². The molecule has 0 fully saturated rings. The Morgan fingerprint density at radius 3 is 2.20 bits per heavy atom. The third-order valence-corrected chi connectivity index (χ3v) is 5.75. The molecule has 0 N–H and O–H groups in total. The molecule has 0 aliphatic heterocycles. The van der Waals surface area contributed by atoms with Crippen LogP contribution in [0.3, 0.4) is 0 Å². The molecule has 0 bridgehead atoms. The lowest BCUT2D eigenvalue weighted by atomic mass is 10.2. The van der Waals surface area contributed by atoms with Crippen molar-refractivity contribution in [2.75, 3.05) is 21.3 Å². The van der Waals surface area contributed by atoms with Crippen LogP contribution < -0.4 is 5.19 Å². The molecule has 0 spiro atoms. The smallest absolute Gasteiger partial charge is 0.373 e. The van der Waals surface area contributed by atoms with E-state index in [0.717, 1.165) is 9.61 Å². The van der Waals surface area contributed by atoms with E-state index in [1.807, 2.05) is 12.1 Å². The van der Waals surface area contributed by atoms with E-state index in [4.69, 9.17) is 13.3 Å². The van der Waals surface area contributed by atoms with Gasteiger partial charge in [0.05, 0.1) is 0 Å². The maximum Gasteiger partial charge on any atom is 0.536 e. The van der Waals surface area contributed by atoms with Crippen LogP contribution in [0.5, 0.6) is 0 Å². The highest BCUT2D eigenvalue weighted by Crippen LogP contribution is 2.10. The summed E-state index contributed by atoms with van der Waals surface area (Å²) in [6.07, 6.45) is 0. The van der Waals surface area contributed by atoms with E-state index in [0.29, 0.717) is 0 Å². The fourth-order valence-corrected chi connectivity index (χ4v) is 3.79. The summed E-state index contributed by atoms with van der Waals surface area (Å²) in [6.45, 7) is 0. The molecule has 1 rings (SSSR count). The Balaban J connectivity index is 3.10. The summed E-state index contributed by atoms with van der Waals surface area (Å²) >= 11 is 2.33. The van der Waals surface area contributed by atoms with E-state index in [-0.39, 0.29) is 0 Å². The van der Waals surface area contributed by atoms with Crippen molar-refractivity contribution in [1.29, 1.82) is 0 Å². The number of halogens is 1. The number of hydrogen-bond donors (Lipinski definition) is 0. The molecule has 0 radical (unpaired) electrons. The quantitative estimate of drug-likeness (QED) is 0.465. The van der Waals surface area contributed by atoms with Crippen LogP contribution in [0.25, 0.3) is 0 Å². The predicted molar refractivity (Wildman–Crippen MR) is 70.6 cm³/mol. The first-order valence-electron chi connectivity index (χ1n) is 4.53. The molecule has 1 aromatic rings. The third kappa shape index (κ3) is 2.79. The molecule has 1 aromatic carbocycles. The van der Waals surface area contributed by atoms with Gasteiger partial charge in [0.1, 0.15) is 0 Å². The van der Waals surface area contributed by atoms with Gasteiger partial charge in [-0.25, -0.2) is 0 Å². The average molecular weight is 338 g/mol. The summed E-state index contributed by atoms with van der Waals surface area (Å²) in [6, 6.07) is 8.14. The van der Waals surface area contributed by atoms with Gasteiger partial charge in [-0.3, -0.25) is 0 Å². The highest BCUT2D eigenvalue weighted by Gasteiger charge is 2.40. The fraction of sp³-hybridized carbons (Fsp3) is 0.400. The van der Waals surface area contributed by atoms with Crippen molar-refractivity contribution in [3.63, 3.8) is 0 Å². The SMILES string of the molecule is CO[Si](OC)(OC)c1cccc(CI)c1. The molecule has 0 amide bonds. The van der Waals surface area contributed by atoms with E-state index >= 15 is 0 Å². The summed E-state index contributed by atoms with van der Waals surface area (Å²) in [7, 11) is 2.22. The average Bonchev–Trinajstić information content (AvgIpc) is 2.32. The van der Waals surface area contributed by atoms with Crippen LogP contribution in [-0.4, -0.2) is 30.1 Å². The first kappa shape index (κ1) is 13.1. The highest BCUT2D eigenvalue weighted by molar-refractivity contribution is 14.1. The van der Waals surface area contributed by atoms with E-state index in [1.54, 1.807) is 21.3 Å². The van der Waals surface area contributed by atoms with Gasteiger partial charge < -0.3 is 13.3 Å². The number of alkyl halides is 1. The van der Waals surface area contributed by atoms with E-state index < -0.39 is 8.80 Å². The predicted octanol–water partition coefficient (Wildman–Crippen LogP) is 1.71. The van der Waals surface area contributed by atoms with Gasteiger partial charge in [0.2, 0.25) is 0 Å². The first-order valence-corrected chi connectivity index (χ1v) is 7.78. The Labute approximate surface area is 105 Å². The zero-order valence-electron chi connectivity index (χ0n) is 9.12. The van der Waals surface area contributed by atoms with Gasteiger partial charge in [-0.1, -0.05) is 46.9 Å². The molecular formula is C10H15IO3Si. The molecule has 0 heterocycles. The molecule has 0 aromatic heterocycles. The second-order valence-electron chi connectivity index (χ2n) is 3.00. The highest BCUT2D eigenvalue weighted by atomic mass is 127. The molecule has 84 valence electrons. The Morgan fingerprint density at radius 1 is 1.13 bits per heavy atom.